The van der Waals surface area contributed by atoms with Crippen LogP contribution in [0.5, 0.6) is 11.5 Å². The van der Waals surface area contributed by atoms with E-state index in [1.807, 2.05) is 39.8 Å². The van der Waals surface area contributed by atoms with Crippen LogP contribution in [0.3, 0.4) is 0 Å². The van der Waals surface area contributed by atoms with Crippen molar-refractivity contribution in [2.45, 2.75) is 77.8 Å². The van der Waals surface area contributed by atoms with Crippen LogP contribution >= 0.6 is 22.7 Å². The molecular formula is C49H54N10O9S2. The lowest BCUT2D eigenvalue weighted by Gasteiger charge is -2.30. The molecule has 4 N–H and O–H groups in total. The number of alkyl carbamates (subject to hydrolysis) is 2. The van der Waals surface area contributed by atoms with Gasteiger partial charge in [-0.15, -0.1) is 22.7 Å². The number of methoxy groups -OCH3 is 2. The average molecular weight is 991 g/mol. The molecule has 4 aliphatic rings. The molecule has 10 rings (SSSR count). The standard InChI is InChI=1S/C49H54N10O9S2/c1-25(2)41(54-47(62)65-5)45(60)58-13-7-8-33(58)43-50-18-31(52-43)27-9-11-28(12-10-27)37-16-39-40(69-37)17-38(70-39)32-19-51-44(53-32)34-22-57(23-59(34)46(61)42(26(3)4)55-48(63)66-6)49(64)56-20-29-14-35-36(68-24-67-35)15-30(29)21-56/h9-12,14-19,25-26,33-34,41-42H,7-8,13,20-24H2,1-6H3,(H,50,52)(H,51,53)(H,54,62)(H,55,63)/t33-,34-,41?,42-/m0/s1. The van der Waals surface area contributed by atoms with Gasteiger partial charge in [0.1, 0.15) is 29.8 Å². The molecule has 2 aromatic carbocycles. The van der Waals surface area contributed by atoms with Crippen molar-refractivity contribution < 1.29 is 42.9 Å². The van der Waals surface area contributed by atoms with E-state index in [2.05, 4.69) is 57.0 Å². The van der Waals surface area contributed by atoms with Crippen molar-refractivity contribution in [1.82, 2.24) is 50.2 Å². The van der Waals surface area contributed by atoms with E-state index < -0.39 is 30.3 Å². The fourth-order valence-electron chi connectivity index (χ4n) is 9.65. The number of likely N-dealkylation sites (tertiary alicyclic amines) is 1. The Morgan fingerprint density at radius 3 is 1.86 bits per heavy atom. The third kappa shape index (κ3) is 8.87. The lowest BCUT2D eigenvalue weighted by atomic mass is 10.0. The van der Waals surface area contributed by atoms with Gasteiger partial charge in [-0.2, -0.15) is 0 Å². The summed E-state index contributed by atoms with van der Waals surface area (Å²) in [6.45, 7) is 9.21. The Morgan fingerprint density at radius 2 is 1.24 bits per heavy atom. The van der Waals surface area contributed by atoms with Crippen LogP contribution in [-0.4, -0.2) is 122 Å². The largest absolute Gasteiger partial charge is 0.454 e. The predicted octanol–water partition coefficient (Wildman–Crippen LogP) is 7.84. The highest BCUT2D eigenvalue weighted by Gasteiger charge is 2.44. The molecule has 6 aromatic rings. The first-order valence-corrected chi connectivity index (χ1v) is 24.9. The number of fused-ring (bicyclic) bond motifs is 3. The number of nitrogens with zero attached hydrogens (tertiary/aromatic N) is 6. The number of nitrogens with one attached hydrogen (secondary N) is 4. The second kappa shape index (κ2) is 19.0. The summed E-state index contributed by atoms with van der Waals surface area (Å²) in [5.74, 6) is 1.67. The van der Waals surface area contributed by atoms with Crippen molar-refractivity contribution in [1.29, 1.82) is 0 Å². The highest BCUT2D eigenvalue weighted by atomic mass is 32.1. The minimum Gasteiger partial charge on any atom is -0.454 e. The zero-order chi connectivity index (χ0) is 49.0. The van der Waals surface area contributed by atoms with Crippen molar-refractivity contribution in [2.75, 3.05) is 40.8 Å². The van der Waals surface area contributed by atoms with Crippen molar-refractivity contribution >= 4 is 62.1 Å². The normalized spacial score (nSPS) is 18.2. The molecule has 19 nitrogen and oxygen atoms in total. The number of benzene rings is 2. The minimum atomic E-state index is -0.903. The molecule has 0 bridgehead atoms. The molecule has 8 heterocycles. The number of carbonyl (C=O) groups is 5. The first kappa shape index (κ1) is 46.6. The molecule has 0 radical (unpaired) electrons. The molecule has 366 valence electrons. The number of aromatic amines is 2. The molecule has 4 aliphatic heterocycles. The maximum absolute atomic E-state index is 14.4. The summed E-state index contributed by atoms with van der Waals surface area (Å²) in [4.78, 5) is 91.9. The molecule has 21 heteroatoms. The second-order valence-electron chi connectivity index (χ2n) is 18.6. The molecule has 0 aliphatic carbocycles. The molecule has 1 unspecified atom stereocenters. The lowest BCUT2D eigenvalue weighted by molar-refractivity contribution is -0.136. The summed E-state index contributed by atoms with van der Waals surface area (Å²) in [6, 6.07) is 13.8. The number of ether oxygens (including phenoxy) is 4. The molecule has 6 amide bonds. The van der Waals surface area contributed by atoms with Crippen LogP contribution in [-0.2, 0) is 32.2 Å². The SMILES string of the molecule is COC(=O)NC(C(=O)N1CCC[C@H]1c1ncc(-c2ccc(-c3cc4sc(-c5cnc([C@@H]6CN(C(=O)N7Cc8cc9c(cc8C7)OCO9)CN6C(=O)[C@@H](NC(=O)OC)C(C)C)[nH]5)cc4s3)cc2)[nH]1)C(C)C. The maximum Gasteiger partial charge on any atom is 0.407 e. The Balaban J connectivity index is 0.834. The number of H-pyrrole nitrogens is 2. The second-order valence-corrected chi connectivity index (χ2v) is 20.8. The van der Waals surface area contributed by atoms with Crippen LogP contribution in [0.15, 0.2) is 60.9 Å². The first-order valence-electron chi connectivity index (χ1n) is 23.3. The maximum atomic E-state index is 14.4. The number of aromatic nitrogens is 4. The Kier molecular flexibility index (Phi) is 12.6. The number of thiophene rings is 2. The van der Waals surface area contributed by atoms with Crippen LogP contribution in [0.2, 0.25) is 0 Å². The predicted molar refractivity (Wildman–Crippen MR) is 261 cm³/mol. The van der Waals surface area contributed by atoms with Crippen LogP contribution < -0.4 is 20.1 Å². The summed E-state index contributed by atoms with van der Waals surface area (Å²) in [6.07, 6.45) is 3.81. The third-order valence-electron chi connectivity index (χ3n) is 13.4. The number of rotatable bonds is 11. The van der Waals surface area contributed by atoms with Gasteiger partial charge in [0.05, 0.1) is 62.1 Å². The zero-order valence-corrected chi connectivity index (χ0v) is 41.2. The van der Waals surface area contributed by atoms with Crippen LogP contribution in [0.25, 0.3) is 41.7 Å². The van der Waals surface area contributed by atoms with Gasteiger partial charge in [-0.3, -0.25) is 9.59 Å². The highest BCUT2D eigenvalue weighted by Crippen LogP contribution is 2.43. The van der Waals surface area contributed by atoms with Gasteiger partial charge in [0.2, 0.25) is 18.6 Å². The van der Waals surface area contributed by atoms with Crippen LogP contribution in [0.1, 0.15) is 75.4 Å². The number of imidazole rings is 2. The van der Waals surface area contributed by atoms with Gasteiger partial charge in [-0.1, -0.05) is 52.0 Å². The summed E-state index contributed by atoms with van der Waals surface area (Å²) >= 11 is 3.33. The summed E-state index contributed by atoms with van der Waals surface area (Å²) in [5, 5.41) is 5.40. The zero-order valence-electron chi connectivity index (χ0n) is 39.6. The number of amides is 6. The van der Waals surface area contributed by atoms with E-state index >= 15 is 0 Å². The van der Waals surface area contributed by atoms with Crippen molar-refractivity contribution in [3.05, 3.63) is 83.7 Å². The van der Waals surface area contributed by atoms with E-state index in [0.717, 1.165) is 65.6 Å². The van der Waals surface area contributed by atoms with Gasteiger partial charge in [-0.05, 0) is 71.2 Å². The molecule has 0 saturated carbocycles. The topological polar surface area (TPSA) is 217 Å². The molecule has 2 fully saturated rings. The highest BCUT2D eigenvalue weighted by molar-refractivity contribution is 7.31. The van der Waals surface area contributed by atoms with E-state index in [0.29, 0.717) is 42.8 Å². The molecule has 4 aromatic heterocycles. The van der Waals surface area contributed by atoms with E-state index in [-0.39, 0.29) is 55.7 Å². The van der Waals surface area contributed by atoms with Gasteiger partial charge in [0.15, 0.2) is 11.5 Å². The number of carbonyl (C=O) groups excluding carboxylic acids is 5. The number of hydrogen-bond donors (Lipinski definition) is 4. The Morgan fingerprint density at radius 1 is 0.700 bits per heavy atom. The van der Waals surface area contributed by atoms with E-state index in [1.165, 1.54) is 14.2 Å². The molecule has 2 saturated heterocycles. The smallest absolute Gasteiger partial charge is 0.407 e. The third-order valence-corrected chi connectivity index (χ3v) is 15.8. The fourth-order valence-corrected chi connectivity index (χ4v) is 12.0. The summed E-state index contributed by atoms with van der Waals surface area (Å²) in [7, 11) is 2.54. The monoisotopic (exact) mass is 990 g/mol. The van der Waals surface area contributed by atoms with E-state index in [1.54, 1.807) is 54.7 Å². The molecule has 0 spiro atoms. The van der Waals surface area contributed by atoms with Crippen molar-refractivity contribution in [3.63, 3.8) is 0 Å². The van der Waals surface area contributed by atoms with Gasteiger partial charge in [0, 0.05) is 33.9 Å². The Bertz CT molecular complexity index is 2910. The van der Waals surface area contributed by atoms with Crippen LogP contribution in [0.4, 0.5) is 14.4 Å². The van der Waals surface area contributed by atoms with Gasteiger partial charge in [-0.25, -0.2) is 24.4 Å². The molecule has 70 heavy (non-hydrogen) atoms. The van der Waals surface area contributed by atoms with Gasteiger partial charge < -0.3 is 59.1 Å². The average Bonchev–Trinajstić information content (AvgIpc) is 4.20. The Labute approximate surface area is 411 Å². The minimum absolute atomic E-state index is 0.000663. The van der Waals surface area contributed by atoms with E-state index in [9.17, 15) is 24.0 Å². The van der Waals surface area contributed by atoms with Crippen LogP contribution in [0, 0.1) is 11.8 Å². The van der Waals surface area contributed by atoms with Crippen molar-refractivity contribution in [2.24, 2.45) is 11.8 Å². The number of hydrogen-bond acceptors (Lipinski definition) is 13. The van der Waals surface area contributed by atoms with Gasteiger partial charge in [0.25, 0.3) is 0 Å². The fraction of sp³-hybridized carbons (Fsp3) is 0.408. The molecule has 4 atom stereocenters. The van der Waals surface area contributed by atoms with E-state index in [4.69, 9.17) is 28.9 Å². The Hall–Kier alpha value is -7.13. The lowest BCUT2D eigenvalue weighted by Crippen LogP contribution is -2.52. The first-order chi connectivity index (χ1) is 33.8. The van der Waals surface area contributed by atoms with Crippen molar-refractivity contribution in [3.8, 4) is 43.8 Å². The summed E-state index contributed by atoms with van der Waals surface area (Å²) in [5.41, 5.74) is 5.64. The molecular weight excluding hydrogens is 937 g/mol. The van der Waals surface area contributed by atoms with Gasteiger partial charge >= 0.3 is 18.2 Å². The quantitative estimate of drug-likeness (QED) is 0.0981. The number of urea groups is 1. The summed E-state index contributed by atoms with van der Waals surface area (Å²) < 4.78 is 23.0.